The second-order valence-corrected chi connectivity index (χ2v) is 5.31. The van der Waals surface area contributed by atoms with Crippen molar-refractivity contribution in [2.24, 2.45) is 0 Å². The van der Waals surface area contributed by atoms with E-state index >= 15 is 0 Å². The highest BCUT2D eigenvalue weighted by Crippen LogP contribution is 1.98. The van der Waals surface area contributed by atoms with Crippen molar-refractivity contribution >= 4 is 25.2 Å². The fraction of sp³-hybridized carbons (Fsp3) is 0.571. The Balaban J connectivity index is 1.63. The van der Waals surface area contributed by atoms with Gasteiger partial charge in [0.15, 0.2) is 0 Å². The van der Waals surface area contributed by atoms with Crippen LogP contribution in [0.25, 0.3) is 0 Å². The largest absolute Gasteiger partial charge is 0.493 e. The van der Waals surface area contributed by atoms with Crippen molar-refractivity contribution in [2.45, 2.75) is 0 Å². The van der Waals surface area contributed by atoms with Crippen LogP contribution in [0.1, 0.15) is 0 Å². The number of hydrogen-bond acceptors (Lipinski definition) is 6. The number of benzene rings is 1. The van der Waals surface area contributed by atoms with Crippen molar-refractivity contribution in [3.05, 3.63) is 24.3 Å². The van der Waals surface area contributed by atoms with Crippen LogP contribution in [0.5, 0.6) is 0 Å². The zero-order chi connectivity index (χ0) is 15.0. The summed E-state index contributed by atoms with van der Waals surface area (Å²) in [7, 11) is -0.584. The Bertz CT molecular complexity index is 392. The Morgan fingerprint density at radius 1 is 0.591 bits per heavy atom. The maximum absolute atomic E-state index is 5.74. The fourth-order valence-electron chi connectivity index (χ4n) is 2.49. The molecule has 0 atom stereocenters. The molecule has 2 fully saturated rings. The molecule has 0 saturated carbocycles. The van der Waals surface area contributed by atoms with E-state index in [4.69, 9.17) is 18.6 Å². The molecule has 8 heteroatoms. The van der Waals surface area contributed by atoms with Crippen molar-refractivity contribution in [1.82, 2.24) is 10.6 Å². The van der Waals surface area contributed by atoms with Crippen molar-refractivity contribution in [3.8, 4) is 0 Å². The van der Waals surface area contributed by atoms with Crippen LogP contribution in [0.3, 0.4) is 0 Å². The van der Waals surface area contributed by atoms with Gasteiger partial charge in [-0.05, 0) is 10.9 Å². The van der Waals surface area contributed by atoms with E-state index in [0.717, 1.165) is 37.1 Å². The first-order valence-corrected chi connectivity index (χ1v) is 7.91. The second kappa shape index (κ2) is 8.67. The third-order valence-corrected chi connectivity index (χ3v) is 3.67. The molecule has 0 bridgehead atoms. The second-order valence-electron chi connectivity index (χ2n) is 5.31. The summed E-state index contributed by atoms with van der Waals surface area (Å²) in [6.07, 6.45) is 0. The number of hydrogen-bond donors (Lipinski definition) is 2. The first kappa shape index (κ1) is 16.0. The van der Waals surface area contributed by atoms with E-state index in [1.54, 1.807) is 0 Å². The minimum absolute atomic E-state index is 0.292. The molecular weight excluding hydrogens is 282 g/mol. The summed E-state index contributed by atoms with van der Waals surface area (Å²) in [5, 5.41) is 6.47. The smallest absolute Gasteiger partial charge is 0.406 e. The molecular formula is C14H22B2N2O4. The molecule has 2 N–H and O–H groups in total. The van der Waals surface area contributed by atoms with Gasteiger partial charge in [0.1, 0.15) is 0 Å². The van der Waals surface area contributed by atoms with E-state index in [1.165, 1.54) is 0 Å². The van der Waals surface area contributed by atoms with E-state index in [2.05, 4.69) is 10.6 Å². The van der Waals surface area contributed by atoms with Crippen LogP contribution in [0.2, 0.25) is 0 Å². The van der Waals surface area contributed by atoms with Gasteiger partial charge in [0.2, 0.25) is 0 Å². The van der Waals surface area contributed by atoms with Gasteiger partial charge >= 0.3 is 14.2 Å². The molecule has 1 aromatic carbocycles. The first-order valence-electron chi connectivity index (χ1n) is 7.91. The van der Waals surface area contributed by atoms with Gasteiger partial charge in [0, 0.05) is 52.6 Å². The summed E-state index contributed by atoms with van der Waals surface area (Å²) < 4.78 is 22.9. The third kappa shape index (κ3) is 4.55. The van der Waals surface area contributed by atoms with Crippen molar-refractivity contribution in [2.75, 3.05) is 52.6 Å². The number of rotatable bonds is 2. The van der Waals surface area contributed by atoms with E-state index in [1.807, 2.05) is 24.3 Å². The number of nitrogens with one attached hydrogen (secondary N) is 2. The lowest BCUT2D eigenvalue weighted by atomic mass is 9.73. The predicted molar refractivity (Wildman–Crippen MR) is 86.8 cm³/mol. The summed E-state index contributed by atoms with van der Waals surface area (Å²) in [5.74, 6) is 0. The van der Waals surface area contributed by atoms with Gasteiger partial charge in [0.05, 0.1) is 0 Å². The lowest BCUT2D eigenvalue weighted by molar-refractivity contribution is 0.187. The highest BCUT2D eigenvalue weighted by atomic mass is 16.6. The van der Waals surface area contributed by atoms with Crippen molar-refractivity contribution in [3.63, 3.8) is 0 Å². The summed E-state index contributed by atoms with van der Waals surface area (Å²) in [4.78, 5) is 0. The lowest BCUT2D eigenvalue weighted by Crippen LogP contribution is -2.45. The van der Waals surface area contributed by atoms with Crippen LogP contribution in [-0.4, -0.2) is 66.8 Å². The quantitative estimate of drug-likeness (QED) is 0.639. The molecule has 0 unspecified atom stereocenters. The van der Waals surface area contributed by atoms with Gasteiger partial charge in [-0.15, -0.1) is 0 Å². The van der Waals surface area contributed by atoms with Crippen LogP contribution < -0.4 is 21.6 Å². The molecule has 3 rings (SSSR count). The van der Waals surface area contributed by atoms with Gasteiger partial charge in [-0.3, -0.25) is 0 Å². The third-order valence-electron chi connectivity index (χ3n) is 3.67. The van der Waals surface area contributed by atoms with E-state index < -0.39 is 0 Å². The minimum Gasteiger partial charge on any atom is -0.406 e. The minimum atomic E-state index is -0.292. The summed E-state index contributed by atoms with van der Waals surface area (Å²) in [6, 6.07) is 8.11. The van der Waals surface area contributed by atoms with Crippen LogP contribution in [0.4, 0.5) is 0 Å². The monoisotopic (exact) mass is 304 g/mol. The lowest BCUT2D eigenvalue weighted by Gasteiger charge is -2.20. The topological polar surface area (TPSA) is 61.0 Å². The zero-order valence-electron chi connectivity index (χ0n) is 12.8. The molecule has 2 aliphatic heterocycles. The summed E-state index contributed by atoms with van der Waals surface area (Å²) in [6.45, 7) is 6.02. The van der Waals surface area contributed by atoms with Crippen LogP contribution >= 0.6 is 0 Å². The molecule has 1 aromatic rings. The first-order chi connectivity index (χ1) is 10.9. The van der Waals surface area contributed by atoms with Gasteiger partial charge in [-0.25, -0.2) is 0 Å². The molecule has 0 radical (unpaired) electrons. The Morgan fingerprint density at radius 2 is 0.909 bits per heavy atom. The molecule has 0 amide bonds. The SMILES string of the molecule is c1cc(B2OCCNCCO2)ccc1B1OCCNCCO1. The summed E-state index contributed by atoms with van der Waals surface area (Å²) in [5.41, 5.74) is 2.05. The molecule has 2 saturated heterocycles. The molecule has 0 aromatic heterocycles. The van der Waals surface area contributed by atoms with E-state index in [0.29, 0.717) is 26.4 Å². The van der Waals surface area contributed by atoms with Crippen molar-refractivity contribution in [1.29, 1.82) is 0 Å². The molecule has 2 heterocycles. The molecule has 118 valence electrons. The highest BCUT2D eigenvalue weighted by Gasteiger charge is 2.25. The highest BCUT2D eigenvalue weighted by molar-refractivity contribution is 6.63. The van der Waals surface area contributed by atoms with Gasteiger partial charge in [0.25, 0.3) is 0 Å². The van der Waals surface area contributed by atoms with Gasteiger partial charge in [-0.2, -0.15) is 0 Å². The Kier molecular flexibility index (Phi) is 6.30. The normalized spacial score (nSPS) is 21.6. The van der Waals surface area contributed by atoms with Gasteiger partial charge in [-0.1, -0.05) is 24.3 Å². The Labute approximate surface area is 132 Å². The molecule has 2 aliphatic rings. The maximum atomic E-state index is 5.74. The van der Waals surface area contributed by atoms with E-state index in [-0.39, 0.29) is 14.2 Å². The molecule has 22 heavy (non-hydrogen) atoms. The van der Waals surface area contributed by atoms with Crippen LogP contribution in [-0.2, 0) is 18.6 Å². The summed E-state index contributed by atoms with van der Waals surface area (Å²) >= 11 is 0. The molecule has 0 aliphatic carbocycles. The maximum Gasteiger partial charge on any atom is 0.493 e. The van der Waals surface area contributed by atoms with E-state index in [9.17, 15) is 0 Å². The predicted octanol–water partition coefficient (Wildman–Crippen LogP) is -1.65. The Hall–Kier alpha value is -0.890. The average molecular weight is 304 g/mol. The molecule has 6 nitrogen and oxygen atoms in total. The van der Waals surface area contributed by atoms with Crippen molar-refractivity contribution < 1.29 is 18.6 Å². The standard InChI is InChI=1S/C14H22B2N2O4/c1-2-14(16-21-11-7-18-8-12-22-16)4-3-13(1)15-19-9-5-17-6-10-20-15/h1-4,17-18H,5-12H2. The Morgan fingerprint density at radius 3 is 1.23 bits per heavy atom. The average Bonchev–Trinajstić information content (AvgIpc) is 2.47. The van der Waals surface area contributed by atoms with Crippen LogP contribution in [0.15, 0.2) is 24.3 Å². The molecule has 0 spiro atoms. The van der Waals surface area contributed by atoms with Crippen LogP contribution in [0, 0.1) is 0 Å². The van der Waals surface area contributed by atoms with Gasteiger partial charge < -0.3 is 29.3 Å². The fourth-order valence-corrected chi connectivity index (χ4v) is 2.49. The zero-order valence-corrected chi connectivity index (χ0v) is 12.8.